The summed E-state index contributed by atoms with van der Waals surface area (Å²) in [5.41, 5.74) is 2.70. The number of rotatable bonds is 3. The molecule has 0 bridgehead atoms. The number of thiophene rings is 1. The molecule has 2 heterocycles. The monoisotopic (exact) mass is 259 g/mol. The van der Waals surface area contributed by atoms with E-state index < -0.39 is 0 Å². The molecule has 0 spiro atoms. The van der Waals surface area contributed by atoms with E-state index in [1.54, 1.807) is 11.3 Å². The van der Waals surface area contributed by atoms with E-state index in [1.165, 1.54) is 11.1 Å². The quantitative estimate of drug-likeness (QED) is 0.838. The third-order valence-corrected chi connectivity index (χ3v) is 4.04. The summed E-state index contributed by atoms with van der Waals surface area (Å²) in [7, 11) is 0. The van der Waals surface area contributed by atoms with E-state index >= 15 is 0 Å². The van der Waals surface area contributed by atoms with Gasteiger partial charge in [0.05, 0.1) is 12.7 Å². The van der Waals surface area contributed by atoms with Gasteiger partial charge in [0.25, 0.3) is 0 Å². The lowest BCUT2D eigenvalue weighted by Crippen LogP contribution is -2.37. The number of hydrogen-bond donors (Lipinski definition) is 0. The predicted octanol–water partition coefficient (Wildman–Crippen LogP) is 3.32. The van der Waals surface area contributed by atoms with Gasteiger partial charge in [0.2, 0.25) is 0 Å². The normalized spacial score (nSPS) is 21.0. The van der Waals surface area contributed by atoms with Crippen LogP contribution in [0.25, 0.3) is 0 Å². The zero-order valence-corrected chi connectivity index (χ0v) is 11.1. The molecule has 0 radical (unpaired) electrons. The van der Waals surface area contributed by atoms with Gasteiger partial charge in [0.15, 0.2) is 0 Å². The standard InChI is InChI=1S/C15H17NOS/c1-2-4-14(5-3-1)15-11-16(7-8-17-15)10-13-6-9-18-12-13/h1-6,9,12,15H,7-8,10-11H2/t15-/m0/s1. The lowest BCUT2D eigenvalue weighted by Gasteiger charge is -2.33. The third kappa shape index (κ3) is 2.80. The van der Waals surface area contributed by atoms with Gasteiger partial charge < -0.3 is 4.74 Å². The Morgan fingerprint density at radius 2 is 2.11 bits per heavy atom. The minimum Gasteiger partial charge on any atom is -0.371 e. The van der Waals surface area contributed by atoms with Crippen molar-refractivity contribution in [1.82, 2.24) is 4.90 Å². The van der Waals surface area contributed by atoms with Crippen LogP contribution in [0.5, 0.6) is 0 Å². The van der Waals surface area contributed by atoms with Crippen LogP contribution in [-0.2, 0) is 11.3 Å². The summed E-state index contributed by atoms with van der Waals surface area (Å²) < 4.78 is 5.87. The molecule has 2 nitrogen and oxygen atoms in total. The lowest BCUT2D eigenvalue weighted by molar-refractivity contribution is -0.0328. The number of morpholine rings is 1. The Labute approximate surface area is 112 Å². The molecular weight excluding hydrogens is 242 g/mol. The maximum Gasteiger partial charge on any atom is 0.0952 e. The van der Waals surface area contributed by atoms with Crippen molar-refractivity contribution in [3.8, 4) is 0 Å². The SMILES string of the molecule is c1ccc([C@@H]2CN(Cc3ccsc3)CCO2)cc1. The molecule has 1 saturated heterocycles. The van der Waals surface area contributed by atoms with Crippen LogP contribution in [0.15, 0.2) is 47.2 Å². The molecule has 3 heteroatoms. The Bertz CT molecular complexity index is 469. The Morgan fingerprint density at radius 1 is 1.22 bits per heavy atom. The summed E-state index contributed by atoms with van der Waals surface area (Å²) in [5.74, 6) is 0. The highest BCUT2D eigenvalue weighted by atomic mass is 32.1. The van der Waals surface area contributed by atoms with Gasteiger partial charge in [-0.25, -0.2) is 0 Å². The molecule has 0 saturated carbocycles. The first-order chi connectivity index (χ1) is 8.92. The van der Waals surface area contributed by atoms with Crippen LogP contribution in [-0.4, -0.2) is 24.6 Å². The Kier molecular flexibility index (Phi) is 3.74. The summed E-state index contributed by atoms with van der Waals surface area (Å²) in [6.07, 6.45) is 0.221. The van der Waals surface area contributed by atoms with E-state index in [9.17, 15) is 0 Å². The number of hydrogen-bond acceptors (Lipinski definition) is 3. The van der Waals surface area contributed by atoms with Gasteiger partial charge in [-0.05, 0) is 28.0 Å². The van der Waals surface area contributed by atoms with Gasteiger partial charge >= 0.3 is 0 Å². The summed E-state index contributed by atoms with van der Waals surface area (Å²) in [6, 6.07) is 12.7. The zero-order valence-electron chi connectivity index (χ0n) is 10.3. The molecule has 1 aliphatic rings. The molecule has 3 rings (SSSR count). The maximum atomic E-state index is 5.87. The van der Waals surface area contributed by atoms with Crippen LogP contribution in [0.4, 0.5) is 0 Å². The predicted molar refractivity (Wildman–Crippen MR) is 74.7 cm³/mol. The van der Waals surface area contributed by atoms with Gasteiger partial charge in [0.1, 0.15) is 0 Å². The molecule has 0 amide bonds. The molecule has 1 aromatic carbocycles. The van der Waals surface area contributed by atoms with Crippen molar-refractivity contribution in [3.63, 3.8) is 0 Å². The topological polar surface area (TPSA) is 12.5 Å². The van der Waals surface area contributed by atoms with Crippen LogP contribution in [0.2, 0.25) is 0 Å². The molecule has 1 aliphatic heterocycles. The molecule has 2 aromatic rings. The average molecular weight is 259 g/mol. The minimum atomic E-state index is 0.221. The van der Waals surface area contributed by atoms with Crippen molar-refractivity contribution in [2.45, 2.75) is 12.6 Å². The van der Waals surface area contributed by atoms with Gasteiger partial charge in [-0.15, -0.1) is 0 Å². The second-order valence-electron chi connectivity index (χ2n) is 4.64. The second-order valence-corrected chi connectivity index (χ2v) is 5.42. The number of ether oxygens (including phenoxy) is 1. The summed E-state index contributed by atoms with van der Waals surface area (Å²) in [6.45, 7) is 3.87. The van der Waals surface area contributed by atoms with Crippen molar-refractivity contribution in [2.24, 2.45) is 0 Å². The molecule has 0 aliphatic carbocycles. The van der Waals surface area contributed by atoms with Crippen LogP contribution < -0.4 is 0 Å². The summed E-state index contributed by atoms with van der Waals surface area (Å²) >= 11 is 1.77. The maximum absolute atomic E-state index is 5.87. The van der Waals surface area contributed by atoms with Gasteiger partial charge in [-0.1, -0.05) is 30.3 Å². The Hall–Kier alpha value is -1.16. The van der Waals surface area contributed by atoms with Crippen molar-refractivity contribution in [1.29, 1.82) is 0 Å². The van der Waals surface area contributed by atoms with Crippen molar-refractivity contribution < 1.29 is 4.74 Å². The molecular formula is C15H17NOS. The molecule has 18 heavy (non-hydrogen) atoms. The Balaban J connectivity index is 1.65. The highest BCUT2D eigenvalue weighted by Crippen LogP contribution is 2.23. The fourth-order valence-electron chi connectivity index (χ4n) is 2.36. The second kappa shape index (κ2) is 5.65. The first-order valence-corrected chi connectivity index (χ1v) is 7.26. The van der Waals surface area contributed by atoms with Gasteiger partial charge in [-0.2, -0.15) is 11.3 Å². The molecule has 1 atom stereocenters. The minimum absolute atomic E-state index is 0.221. The fraction of sp³-hybridized carbons (Fsp3) is 0.333. The zero-order chi connectivity index (χ0) is 12.2. The Morgan fingerprint density at radius 3 is 2.89 bits per heavy atom. The van der Waals surface area contributed by atoms with E-state index in [4.69, 9.17) is 4.74 Å². The van der Waals surface area contributed by atoms with Crippen LogP contribution >= 0.6 is 11.3 Å². The molecule has 1 aromatic heterocycles. The van der Waals surface area contributed by atoms with E-state index in [0.29, 0.717) is 0 Å². The molecule has 94 valence electrons. The lowest BCUT2D eigenvalue weighted by atomic mass is 10.1. The van der Waals surface area contributed by atoms with E-state index in [0.717, 1.165) is 26.2 Å². The first kappa shape index (κ1) is 11.9. The molecule has 0 N–H and O–H groups in total. The summed E-state index contributed by atoms with van der Waals surface area (Å²) in [4.78, 5) is 2.48. The highest BCUT2D eigenvalue weighted by molar-refractivity contribution is 7.07. The third-order valence-electron chi connectivity index (χ3n) is 3.31. The van der Waals surface area contributed by atoms with Gasteiger partial charge in [-0.3, -0.25) is 4.90 Å². The first-order valence-electron chi connectivity index (χ1n) is 6.32. The van der Waals surface area contributed by atoms with Gasteiger partial charge in [0, 0.05) is 19.6 Å². The number of benzene rings is 1. The van der Waals surface area contributed by atoms with Crippen molar-refractivity contribution >= 4 is 11.3 Å². The summed E-state index contributed by atoms with van der Waals surface area (Å²) in [5, 5.41) is 4.37. The van der Waals surface area contributed by atoms with Crippen LogP contribution in [0.3, 0.4) is 0 Å². The molecule has 0 unspecified atom stereocenters. The van der Waals surface area contributed by atoms with E-state index in [2.05, 4.69) is 52.1 Å². The van der Waals surface area contributed by atoms with Crippen LogP contribution in [0, 0.1) is 0 Å². The van der Waals surface area contributed by atoms with Crippen LogP contribution in [0.1, 0.15) is 17.2 Å². The highest BCUT2D eigenvalue weighted by Gasteiger charge is 2.21. The fourth-order valence-corrected chi connectivity index (χ4v) is 3.02. The smallest absolute Gasteiger partial charge is 0.0952 e. The van der Waals surface area contributed by atoms with Crippen molar-refractivity contribution in [2.75, 3.05) is 19.7 Å². The largest absolute Gasteiger partial charge is 0.371 e. The van der Waals surface area contributed by atoms with Crippen molar-refractivity contribution in [3.05, 3.63) is 58.3 Å². The average Bonchev–Trinajstić information content (AvgIpc) is 2.93. The number of nitrogens with zero attached hydrogens (tertiary/aromatic N) is 1. The van der Waals surface area contributed by atoms with E-state index in [-0.39, 0.29) is 6.10 Å². The van der Waals surface area contributed by atoms with E-state index in [1.807, 2.05) is 0 Å². The molecule has 1 fully saturated rings.